The SMILES string of the molecule is CC1C=CC=C1C(=O)C=Cc1ccccc1. The Morgan fingerprint density at radius 3 is 2.62 bits per heavy atom. The smallest absolute Gasteiger partial charge is 0.182 e. The highest BCUT2D eigenvalue weighted by Gasteiger charge is 2.14. The highest BCUT2D eigenvalue weighted by Crippen LogP contribution is 2.19. The molecule has 1 aromatic carbocycles. The van der Waals surface area contributed by atoms with Crippen molar-refractivity contribution in [2.24, 2.45) is 5.92 Å². The molecule has 0 radical (unpaired) electrons. The normalized spacial score (nSPS) is 19.1. The molecule has 1 heteroatoms. The number of ketones is 1. The van der Waals surface area contributed by atoms with E-state index in [4.69, 9.17) is 0 Å². The highest BCUT2D eigenvalue weighted by atomic mass is 16.1. The van der Waals surface area contributed by atoms with Crippen molar-refractivity contribution >= 4 is 11.9 Å². The van der Waals surface area contributed by atoms with Crippen LogP contribution in [0.4, 0.5) is 0 Å². The first-order valence-corrected chi connectivity index (χ1v) is 5.43. The van der Waals surface area contributed by atoms with E-state index in [2.05, 4.69) is 0 Å². The second kappa shape index (κ2) is 4.75. The van der Waals surface area contributed by atoms with Crippen molar-refractivity contribution in [2.45, 2.75) is 6.92 Å². The average Bonchev–Trinajstić information content (AvgIpc) is 2.74. The molecule has 0 fully saturated rings. The minimum Gasteiger partial charge on any atom is -0.290 e. The van der Waals surface area contributed by atoms with Gasteiger partial charge in [0.05, 0.1) is 0 Å². The van der Waals surface area contributed by atoms with Gasteiger partial charge in [0.25, 0.3) is 0 Å². The molecule has 1 nitrogen and oxygen atoms in total. The van der Waals surface area contributed by atoms with E-state index in [0.717, 1.165) is 11.1 Å². The van der Waals surface area contributed by atoms with Crippen LogP contribution in [0, 0.1) is 5.92 Å². The largest absolute Gasteiger partial charge is 0.290 e. The number of rotatable bonds is 3. The molecule has 1 aliphatic carbocycles. The van der Waals surface area contributed by atoms with E-state index in [9.17, 15) is 4.79 Å². The van der Waals surface area contributed by atoms with E-state index in [1.54, 1.807) is 6.08 Å². The predicted molar refractivity (Wildman–Crippen MR) is 66.9 cm³/mol. The molecule has 0 heterocycles. The second-order valence-corrected chi connectivity index (χ2v) is 3.90. The van der Waals surface area contributed by atoms with E-state index in [1.165, 1.54) is 0 Å². The van der Waals surface area contributed by atoms with Gasteiger partial charge < -0.3 is 0 Å². The van der Waals surface area contributed by atoms with Gasteiger partial charge in [0, 0.05) is 11.5 Å². The number of benzene rings is 1. The predicted octanol–water partition coefficient (Wildman–Crippen LogP) is 3.40. The fraction of sp³-hybridized carbons (Fsp3) is 0.133. The molecular weight excluding hydrogens is 196 g/mol. The maximum Gasteiger partial charge on any atom is 0.182 e. The fourth-order valence-electron chi connectivity index (χ4n) is 1.72. The molecule has 0 saturated heterocycles. The van der Waals surface area contributed by atoms with Gasteiger partial charge in [0.1, 0.15) is 0 Å². The third-order valence-electron chi connectivity index (χ3n) is 2.68. The van der Waals surface area contributed by atoms with Crippen molar-refractivity contribution in [2.75, 3.05) is 0 Å². The monoisotopic (exact) mass is 210 g/mol. The Morgan fingerprint density at radius 1 is 1.25 bits per heavy atom. The second-order valence-electron chi connectivity index (χ2n) is 3.90. The third-order valence-corrected chi connectivity index (χ3v) is 2.68. The van der Waals surface area contributed by atoms with Crippen molar-refractivity contribution < 1.29 is 4.79 Å². The summed E-state index contributed by atoms with van der Waals surface area (Å²) in [5.74, 6) is 0.342. The maximum atomic E-state index is 11.8. The van der Waals surface area contributed by atoms with Gasteiger partial charge in [-0.25, -0.2) is 0 Å². The molecule has 1 atom stereocenters. The maximum absolute atomic E-state index is 11.8. The van der Waals surface area contributed by atoms with Gasteiger partial charge in [-0.2, -0.15) is 0 Å². The Bertz CT molecular complexity index is 463. The Labute approximate surface area is 95.8 Å². The summed E-state index contributed by atoms with van der Waals surface area (Å²) in [5.41, 5.74) is 1.92. The molecule has 1 aromatic rings. The minimum atomic E-state index is 0.0985. The van der Waals surface area contributed by atoms with Crippen LogP contribution in [0.2, 0.25) is 0 Å². The van der Waals surface area contributed by atoms with Gasteiger partial charge in [0.15, 0.2) is 5.78 Å². The van der Waals surface area contributed by atoms with Crippen molar-refractivity contribution in [3.63, 3.8) is 0 Å². The first-order chi connectivity index (χ1) is 7.77. The number of carbonyl (C=O) groups excluding carboxylic acids is 1. The number of allylic oxidation sites excluding steroid dienone is 5. The van der Waals surface area contributed by atoms with Crippen LogP contribution in [-0.4, -0.2) is 5.78 Å². The quantitative estimate of drug-likeness (QED) is 0.699. The van der Waals surface area contributed by atoms with Crippen LogP contribution in [0.1, 0.15) is 12.5 Å². The lowest BCUT2D eigenvalue weighted by atomic mass is 10.0. The van der Waals surface area contributed by atoms with Gasteiger partial charge in [-0.05, 0) is 11.6 Å². The molecule has 80 valence electrons. The summed E-state index contributed by atoms with van der Waals surface area (Å²) in [6.07, 6.45) is 9.36. The Morgan fingerprint density at radius 2 is 2.00 bits per heavy atom. The van der Waals surface area contributed by atoms with Gasteiger partial charge in [-0.3, -0.25) is 4.79 Å². The summed E-state index contributed by atoms with van der Waals surface area (Å²) in [6, 6.07) is 9.85. The van der Waals surface area contributed by atoms with Gasteiger partial charge in [0.2, 0.25) is 0 Å². The molecule has 0 amide bonds. The standard InChI is InChI=1S/C15H14O/c1-12-6-5-9-14(12)15(16)11-10-13-7-3-2-4-8-13/h2-12H,1H3. The molecule has 16 heavy (non-hydrogen) atoms. The fourth-order valence-corrected chi connectivity index (χ4v) is 1.72. The number of carbonyl (C=O) groups is 1. The lowest BCUT2D eigenvalue weighted by molar-refractivity contribution is -0.111. The molecule has 0 bridgehead atoms. The summed E-state index contributed by atoms with van der Waals surface area (Å²) in [5, 5.41) is 0. The van der Waals surface area contributed by atoms with Crippen LogP contribution >= 0.6 is 0 Å². The summed E-state index contributed by atoms with van der Waals surface area (Å²) in [7, 11) is 0. The van der Waals surface area contributed by atoms with E-state index in [0.29, 0.717) is 0 Å². The lowest BCUT2D eigenvalue weighted by Gasteiger charge is -2.03. The van der Waals surface area contributed by atoms with Gasteiger partial charge in [-0.15, -0.1) is 0 Å². The molecule has 2 rings (SSSR count). The molecule has 1 aliphatic rings. The van der Waals surface area contributed by atoms with Crippen molar-refractivity contribution in [3.8, 4) is 0 Å². The summed E-state index contributed by atoms with van der Waals surface area (Å²) >= 11 is 0. The zero-order chi connectivity index (χ0) is 11.4. The number of hydrogen-bond donors (Lipinski definition) is 0. The molecular formula is C15H14O. The van der Waals surface area contributed by atoms with Crippen LogP contribution in [0.3, 0.4) is 0 Å². The van der Waals surface area contributed by atoms with Crippen LogP contribution in [-0.2, 0) is 4.79 Å². The van der Waals surface area contributed by atoms with Crippen molar-refractivity contribution in [1.29, 1.82) is 0 Å². The average molecular weight is 210 g/mol. The molecule has 0 aliphatic heterocycles. The van der Waals surface area contributed by atoms with E-state index in [1.807, 2.05) is 61.6 Å². The van der Waals surface area contributed by atoms with Crippen LogP contribution in [0.5, 0.6) is 0 Å². The Hall–Kier alpha value is -1.89. The molecule has 0 aromatic heterocycles. The highest BCUT2D eigenvalue weighted by molar-refractivity contribution is 6.07. The third kappa shape index (κ3) is 2.37. The molecule has 0 saturated carbocycles. The van der Waals surface area contributed by atoms with Crippen molar-refractivity contribution in [1.82, 2.24) is 0 Å². The minimum absolute atomic E-state index is 0.0985. The Kier molecular flexibility index (Phi) is 3.16. The molecule has 0 N–H and O–H groups in total. The zero-order valence-electron chi connectivity index (χ0n) is 9.26. The first kappa shape index (κ1) is 10.6. The number of hydrogen-bond acceptors (Lipinski definition) is 1. The van der Waals surface area contributed by atoms with Crippen LogP contribution in [0.15, 0.2) is 60.2 Å². The zero-order valence-corrected chi connectivity index (χ0v) is 9.26. The van der Waals surface area contributed by atoms with Crippen molar-refractivity contribution in [3.05, 3.63) is 65.8 Å². The summed E-state index contributed by atoms with van der Waals surface area (Å²) in [6.45, 7) is 2.03. The van der Waals surface area contributed by atoms with E-state index < -0.39 is 0 Å². The van der Waals surface area contributed by atoms with E-state index >= 15 is 0 Å². The van der Waals surface area contributed by atoms with E-state index in [-0.39, 0.29) is 11.7 Å². The Balaban J connectivity index is 2.06. The van der Waals surface area contributed by atoms with Crippen LogP contribution in [0.25, 0.3) is 6.08 Å². The lowest BCUT2D eigenvalue weighted by Crippen LogP contribution is -2.03. The summed E-state index contributed by atoms with van der Waals surface area (Å²) in [4.78, 5) is 11.8. The van der Waals surface area contributed by atoms with Gasteiger partial charge >= 0.3 is 0 Å². The van der Waals surface area contributed by atoms with Crippen LogP contribution < -0.4 is 0 Å². The first-order valence-electron chi connectivity index (χ1n) is 5.43. The molecule has 1 unspecified atom stereocenters. The topological polar surface area (TPSA) is 17.1 Å². The molecule has 0 spiro atoms. The summed E-state index contributed by atoms with van der Waals surface area (Å²) < 4.78 is 0. The van der Waals surface area contributed by atoms with Gasteiger partial charge in [-0.1, -0.05) is 61.6 Å².